The molecule has 0 saturated carbocycles. The fourth-order valence-electron chi connectivity index (χ4n) is 3.02. The molecule has 1 aromatic carbocycles. The van der Waals surface area contributed by atoms with Crippen LogP contribution in [0.5, 0.6) is 0 Å². The molecule has 2 N–H and O–H groups in total. The van der Waals surface area contributed by atoms with Crippen molar-refractivity contribution in [2.75, 3.05) is 40.3 Å². The lowest BCUT2D eigenvalue weighted by Gasteiger charge is -2.20. The van der Waals surface area contributed by atoms with E-state index in [1.54, 1.807) is 14.1 Å². The molecule has 1 fully saturated rings. The average Bonchev–Trinajstić information content (AvgIpc) is 3.10. The Morgan fingerprint density at radius 3 is 2.48 bits per heavy atom. The molecule has 1 atom stereocenters. The minimum atomic E-state index is -4.32. The minimum Gasteiger partial charge on any atom is -0.353 e. The standard InChI is InChI=1S/C21H30F3N5O.HI/c1-15(2)11-25-20(26-12-19(30)28(3)4)27-18-9-10-29(14-18)13-16-5-7-17(8-6-16)21(22,23)24;/h5-8,18H,1,9-14H2,2-4H3,(H2,25,26,27);1H. The molecule has 0 aliphatic carbocycles. The second-order valence-electron chi connectivity index (χ2n) is 7.82. The van der Waals surface area contributed by atoms with E-state index in [0.29, 0.717) is 19.0 Å². The van der Waals surface area contributed by atoms with Gasteiger partial charge in [0.1, 0.15) is 6.54 Å². The SMILES string of the molecule is C=C(C)CNC(=NCC(=O)N(C)C)NC1CCN(Cc2ccc(C(F)(F)F)cc2)C1.I. The maximum atomic E-state index is 12.7. The lowest BCUT2D eigenvalue weighted by molar-refractivity contribution is -0.137. The molecule has 6 nitrogen and oxygen atoms in total. The molecule has 1 saturated heterocycles. The lowest BCUT2D eigenvalue weighted by atomic mass is 10.1. The Hall–Kier alpha value is -1.82. The number of carbonyl (C=O) groups is 1. The van der Waals surface area contributed by atoms with Gasteiger partial charge >= 0.3 is 6.18 Å². The molecule has 1 aromatic rings. The maximum absolute atomic E-state index is 12.7. The van der Waals surface area contributed by atoms with Gasteiger partial charge in [0.05, 0.1) is 5.56 Å². The topological polar surface area (TPSA) is 60.0 Å². The van der Waals surface area contributed by atoms with E-state index in [0.717, 1.165) is 42.8 Å². The number of guanidine groups is 1. The highest BCUT2D eigenvalue weighted by atomic mass is 127. The number of likely N-dealkylation sites (N-methyl/N-ethyl adjacent to an activating group) is 1. The summed E-state index contributed by atoms with van der Waals surface area (Å²) >= 11 is 0. The van der Waals surface area contributed by atoms with Crippen LogP contribution >= 0.6 is 24.0 Å². The van der Waals surface area contributed by atoms with Gasteiger partial charge in [-0.25, -0.2) is 4.99 Å². The molecule has 0 spiro atoms. The number of carbonyl (C=O) groups excluding carboxylic acids is 1. The van der Waals surface area contributed by atoms with Crippen molar-refractivity contribution in [3.8, 4) is 0 Å². The fraction of sp³-hybridized carbons (Fsp3) is 0.524. The van der Waals surface area contributed by atoms with Gasteiger partial charge in [0.2, 0.25) is 5.91 Å². The molecule has 10 heteroatoms. The van der Waals surface area contributed by atoms with Crippen molar-refractivity contribution >= 4 is 35.8 Å². The van der Waals surface area contributed by atoms with Gasteiger partial charge < -0.3 is 15.5 Å². The van der Waals surface area contributed by atoms with E-state index in [4.69, 9.17) is 0 Å². The third-order valence-corrected chi connectivity index (χ3v) is 4.73. The van der Waals surface area contributed by atoms with Crippen molar-refractivity contribution < 1.29 is 18.0 Å². The highest BCUT2D eigenvalue weighted by Crippen LogP contribution is 2.29. The molecular weight excluding hydrogens is 522 g/mol. The summed E-state index contributed by atoms with van der Waals surface area (Å²) in [5.41, 5.74) is 1.15. The van der Waals surface area contributed by atoms with Crippen LogP contribution in [-0.4, -0.2) is 68.0 Å². The number of halogens is 4. The van der Waals surface area contributed by atoms with Crippen molar-refractivity contribution in [2.45, 2.75) is 32.1 Å². The highest BCUT2D eigenvalue weighted by molar-refractivity contribution is 14.0. The Morgan fingerprint density at radius 1 is 1.29 bits per heavy atom. The van der Waals surface area contributed by atoms with E-state index in [9.17, 15) is 18.0 Å². The van der Waals surface area contributed by atoms with E-state index in [2.05, 4.69) is 27.1 Å². The molecule has 174 valence electrons. The molecule has 1 unspecified atom stereocenters. The summed E-state index contributed by atoms with van der Waals surface area (Å²) in [7, 11) is 3.37. The molecule has 1 aliphatic heterocycles. The Labute approximate surface area is 199 Å². The summed E-state index contributed by atoms with van der Waals surface area (Å²) in [5, 5.41) is 6.52. The predicted molar refractivity (Wildman–Crippen MR) is 127 cm³/mol. The van der Waals surface area contributed by atoms with Crippen molar-refractivity contribution in [1.29, 1.82) is 0 Å². The predicted octanol–water partition coefficient (Wildman–Crippen LogP) is 3.10. The molecule has 2 rings (SSSR count). The molecule has 1 aliphatic rings. The van der Waals surface area contributed by atoms with Gasteiger partial charge in [0, 0.05) is 46.3 Å². The molecule has 1 heterocycles. The molecule has 0 bridgehead atoms. The van der Waals surface area contributed by atoms with Crippen molar-refractivity contribution in [1.82, 2.24) is 20.4 Å². The number of alkyl halides is 3. The molecular formula is C21H31F3IN5O. The number of benzene rings is 1. The first-order valence-corrected chi connectivity index (χ1v) is 9.82. The third kappa shape index (κ3) is 9.46. The molecule has 31 heavy (non-hydrogen) atoms. The quantitative estimate of drug-likeness (QED) is 0.236. The van der Waals surface area contributed by atoms with Crippen molar-refractivity contribution in [2.24, 2.45) is 4.99 Å². The number of hydrogen-bond acceptors (Lipinski definition) is 3. The average molecular weight is 553 g/mol. The van der Waals surface area contributed by atoms with Crippen LogP contribution in [0.1, 0.15) is 24.5 Å². The maximum Gasteiger partial charge on any atom is 0.416 e. The summed E-state index contributed by atoms with van der Waals surface area (Å²) in [4.78, 5) is 19.9. The number of rotatable bonds is 7. The monoisotopic (exact) mass is 553 g/mol. The summed E-state index contributed by atoms with van der Waals surface area (Å²) in [5.74, 6) is 0.455. The number of nitrogens with one attached hydrogen (secondary N) is 2. The summed E-state index contributed by atoms with van der Waals surface area (Å²) in [6.07, 6.45) is -3.45. The van der Waals surface area contributed by atoms with Crippen LogP contribution in [0, 0.1) is 0 Å². The third-order valence-electron chi connectivity index (χ3n) is 4.73. The number of amides is 1. The van der Waals surface area contributed by atoms with Gasteiger partial charge in [-0.1, -0.05) is 24.3 Å². The Morgan fingerprint density at radius 2 is 1.94 bits per heavy atom. The number of hydrogen-bond donors (Lipinski definition) is 2. The second kappa shape index (κ2) is 12.3. The van der Waals surface area contributed by atoms with Gasteiger partial charge in [-0.05, 0) is 31.0 Å². The van der Waals surface area contributed by atoms with Crippen LogP contribution in [0.25, 0.3) is 0 Å². The Bertz CT molecular complexity index is 765. The fourth-order valence-corrected chi connectivity index (χ4v) is 3.02. The van der Waals surface area contributed by atoms with Crippen LogP contribution in [0.4, 0.5) is 13.2 Å². The van der Waals surface area contributed by atoms with E-state index in [1.807, 2.05) is 6.92 Å². The van der Waals surface area contributed by atoms with E-state index in [-0.39, 0.29) is 42.5 Å². The van der Waals surface area contributed by atoms with Crippen LogP contribution in [0.3, 0.4) is 0 Å². The molecule has 0 radical (unpaired) electrons. The first kappa shape index (κ1) is 27.2. The van der Waals surface area contributed by atoms with Gasteiger partial charge in [-0.3, -0.25) is 9.69 Å². The largest absolute Gasteiger partial charge is 0.416 e. The van der Waals surface area contributed by atoms with Crippen LogP contribution in [-0.2, 0) is 17.5 Å². The van der Waals surface area contributed by atoms with Gasteiger partial charge in [0.15, 0.2) is 5.96 Å². The first-order valence-electron chi connectivity index (χ1n) is 9.82. The highest BCUT2D eigenvalue weighted by Gasteiger charge is 2.30. The summed E-state index contributed by atoms with van der Waals surface area (Å²) < 4.78 is 38.1. The lowest BCUT2D eigenvalue weighted by Crippen LogP contribution is -2.45. The zero-order valence-corrected chi connectivity index (χ0v) is 20.5. The van der Waals surface area contributed by atoms with Crippen LogP contribution < -0.4 is 10.6 Å². The Balaban J connectivity index is 0.00000480. The summed E-state index contributed by atoms with van der Waals surface area (Å²) in [6, 6.07) is 5.42. The smallest absolute Gasteiger partial charge is 0.353 e. The number of likely N-dealkylation sites (tertiary alicyclic amines) is 1. The zero-order valence-electron chi connectivity index (χ0n) is 18.1. The van der Waals surface area contributed by atoms with E-state index in [1.165, 1.54) is 17.0 Å². The van der Waals surface area contributed by atoms with E-state index >= 15 is 0 Å². The molecule has 0 aromatic heterocycles. The van der Waals surface area contributed by atoms with E-state index < -0.39 is 11.7 Å². The van der Waals surface area contributed by atoms with Crippen molar-refractivity contribution in [3.05, 3.63) is 47.5 Å². The second-order valence-corrected chi connectivity index (χ2v) is 7.82. The molecule has 1 amide bonds. The van der Waals surface area contributed by atoms with Crippen LogP contribution in [0.15, 0.2) is 41.4 Å². The first-order chi connectivity index (χ1) is 14.0. The zero-order chi connectivity index (χ0) is 22.3. The van der Waals surface area contributed by atoms with Crippen LogP contribution in [0.2, 0.25) is 0 Å². The number of nitrogens with zero attached hydrogens (tertiary/aromatic N) is 3. The van der Waals surface area contributed by atoms with Crippen molar-refractivity contribution in [3.63, 3.8) is 0 Å². The van der Waals surface area contributed by atoms with Gasteiger partial charge in [0.25, 0.3) is 0 Å². The minimum absolute atomic E-state index is 0. The van der Waals surface area contributed by atoms with Gasteiger partial charge in [-0.2, -0.15) is 13.2 Å². The van der Waals surface area contributed by atoms with Gasteiger partial charge in [-0.15, -0.1) is 24.0 Å². The summed E-state index contributed by atoms with van der Waals surface area (Å²) in [6.45, 7) is 8.49. The normalized spacial score (nSPS) is 17.1. The Kier molecular flexibility index (Phi) is 10.8. The number of aliphatic imine (C=N–C) groups is 1.